The van der Waals surface area contributed by atoms with Gasteiger partial charge in [0.25, 0.3) is 12.1 Å². The molecule has 6 nitrogen and oxygen atoms in total. The Morgan fingerprint density at radius 1 is 1.59 bits per heavy atom. The zero-order valence-corrected chi connectivity index (χ0v) is 8.32. The Bertz CT molecular complexity index is 478. The molecule has 92 valence electrons. The van der Waals surface area contributed by atoms with Crippen LogP contribution in [0.15, 0.2) is 6.07 Å². The Kier molecular flexibility index (Phi) is 3.61. The van der Waals surface area contributed by atoms with Crippen LogP contribution < -0.4 is 0 Å². The fraction of sp³-hybridized carbons (Fsp3) is 0.250. The van der Waals surface area contributed by atoms with Crippen molar-refractivity contribution in [3.63, 3.8) is 0 Å². The van der Waals surface area contributed by atoms with Gasteiger partial charge in [0.1, 0.15) is 5.69 Å². The molecule has 0 fully saturated rings. The molecule has 0 aliphatic carbocycles. The number of nitro groups is 1. The molecule has 0 aliphatic heterocycles. The van der Waals surface area contributed by atoms with E-state index >= 15 is 0 Å². The van der Waals surface area contributed by atoms with Crippen LogP contribution in [0, 0.1) is 16.1 Å². The molecule has 1 heterocycles. The fourth-order valence-corrected chi connectivity index (χ4v) is 1.13. The van der Waals surface area contributed by atoms with E-state index in [1.807, 2.05) is 0 Å². The van der Waals surface area contributed by atoms with Crippen molar-refractivity contribution in [3.05, 3.63) is 33.4 Å². The van der Waals surface area contributed by atoms with Crippen LogP contribution >= 0.6 is 0 Å². The minimum Gasteiger partial charge on any atom is -0.465 e. The molecule has 1 rings (SSSR count). The summed E-state index contributed by atoms with van der Waals surface area (Å²) in [6, 6.07) is 0.276. The highest BCUT2D eigenvalue weighted by atomic mass is 19.3. The number of hydrogen-bond acceptors (Lipinski definition) is 5. The summed E-state index contributed by atoms with van der Waals surface area (Å²) in [7, 11) is 0.852. The first-order chi connectivity index (χ1) is 7.88. The van der Waals surface area contributed by atoms with Crippen molar-refractivity contribution in [1.82, 2.24) is 4.98 Å². The number of halogens is 3. The molecule has 1 aromatic rings. The lowest BCUT2D eigenvalue weighted by atomic mass is 10.1. The van der Waals surface area contributed by atoms with Gasteiger partial charge in [-0.1, -0.05) is 0 Å². The Labute approximate surface area is 92.2 Å². The van der Waals surface area contributed by atoms with Crippen LogP contribution in [0.25, 0.3) is 0 Å². The van der Waals surface area contributed by atoms with Gasteiger partial charge in [-0.25, -0.2) is 18.6 Å². The molecule has 0 atom stereocenters. The Balaban J connectivity index is 3.59. The van der Waals surface area contributed by atoms with Gasteiger partial charge in [-0.3, -0.25) is 10.1 Å². The normalized spacial score (nSPS) is 10.4. The number of esters is 1. The molecule has 9 heteroatoms. The molecular formula is C8H5F3N2O4. The summed E-state index contributed by atoms with van der Waals surface area (Å²) in [5.74, 6) is -2.85. The third-order valence-electron chi connectivity index (χ3n) is 1.79. The van der Waals surface area contributed by atoms with Crippen molar-refractivity contribution in [2.75, 3.05) is 7.11 Å². The van der Waals surface area contributed by atoms with Crippen molar-refractivity contribution in [3.8, 4) is 0 Å². The zero-order chi connectivity index (χ0) is 13.2. The number of rotatable bonds is 3. The highest BCUT2D eigenvalue weighted by Gasteiger charge is 2.31. The predicted molar refractivity (Wildman–Crippen MR) is 47.1 cm³/mol. The molecule has 0 unspecified atom stereocenters. The number of pyridine rings is 1. The molecule has 1 aromatic heterocycles. The lowest BCUT2D eigenvalue weighted by molar-refractivity contribution is -0.385. The number of carbonyl (C=O) groups is 1. The van der Waals surface area contributed by atoms with Crippen LogP contribution in [0.1, 0.15) is 22.5 Å². The van der Waals surface area contributed by atoms with E-state index in [9.17, 15) is 28.1 Å². The molecule has 0 saturated carbocycles. The lowest BCUT2D eigenvalue weighted by Gasteiger charge is -2.06. The smallest absolute Gasteiger partial charge is 0.347 e. The van der Waals surface area contributed by atoms with E-state index in [0.717, 1.165) is 7.11 Å². The maximum Gasteiger partial charge on any atom is 0.347 e. The molecule has 0 aromatic carbocycles. The van der Waals surface area contributed by atoms with Crippen molar-refractivity contribution in [1.29, 1.82) is 0 Å². The van der Waals surface area contributed by atoms with Gasteiger partial charge < -0.3 is 4.74 Å². The van der Waals surface area contributed by atoms with Crippen LogP contribution in [0.5, 0.6) is 0 Å². The summed E-state index contributed by atoms with van der Waals surface area (Å²) in [5.41, 5.74) is -3.47. The second kappa shape index (κ2) is 4.76. The van der Waals surface area contributed by atoms with Crippen LogP contribution in [-0.2, 0) is 4.74 Å². The number of carbonyl (C=O) groups excluding carboxylic acids is 1. The standard InChI is InChI=1S/C8H5F3N2O4/c1-17-8(14)5-3(13(15)16)2-4(9)12-6(5)7(10)11/h2,7H,1H3. The summed E-state index contributed by atoms with van der Waals surface area (Å²) in [4.78, 5) is 23.3. The second-order valence-electron chi connectivity index (χ2n) is 2.77. The van der Waals surface area contributed by atoms with Crippen LogP contribution in [0.4, 0.5) is 18.9 Å². The fourth-order valence-electron chi connectivity index (χ4n) is 1.13. The molecule has 17 heavy (non-hydrogen) atoms. The van der Waals surface area contributed by atoms with E-state index in [2.05, 4.69) is 9.72 Å². The van der Waals surface area contributed by atoms with E-state index in [4.69, 9.17) is 0 Å². The Hall–Kier alpha value is -2.19. The van der Waals surface area contributed by atoms with E-state index in [-0.39, 0.29) is 6.07 Å². The molecule has 0 aliphatic rings. The quantitative estimate of drug-likeness (QED) is 0.354. The summed E-state index contributed by atoms with van der Waals surface area (Å²) in [6.45, 7) is 0. The zero-order valence-electron chi connectivity index (χ0n) is 8.32. The van der Waals surface area contributed by atoms with Gasteiger partial charge in [0.15, 0.2) is 5.56 Å². The minimum atomic E-state index is -3.33. The molecule has 0 amide bonds. The Morgan fingerprint density at radius 3 is 2.59 bits per heavy atom. The molecule has 0 radical (unpaired) electrons. The van der Waals surface area contributed by atoms with Crippen molar-refractivity contribution in [2.45, 2.75) is 6.43 Å². The molecule has 0 saturated heterocycles. The molecule has 0 spiro atoms. The van der Waals surface area contributed by atoms with Gasteiger partial charge in [-0.2, -0.15) is 4.39 Å². The number of methoxy groups -OCH3 is 1. The SMILES string of the molecule is COC(=O)c1c([N+](=O)[O-])cc(F)nc1C(F)F. The van der Waals surface area contributed by atoms with Gasteiger partial charge in [0.05, 0.1) is 18.1 Å². The van der Waals surface area contributed by atoms with Crippen LogP contribution in [0.3, 0.4) is 0 Å². The van der Waals surface area contributed by atoms with E-state index in [1.54, 1.807) is 0 Å². The first-order valence-corrected chi connectivity index (χ1v) is 4.09. The summed E-state index contributed by atoms with van der Waals surface area (Å²) < 4.78 is 41.9. The first kappa shape index (κ1) is 12.9. The van der Waals surface area contributed by atoms with Gasteiger partial charge in [-0.05, 0) is 0 Å². The number of aromatic nitrogens is 1. The Morgan fingerprint density at radius 2 is 2.18 bits per heavy atom. The number of nitrogens with zero attached hydrogens (tertiary/aromatic N) is 2. The maximum atomic E-state index is 12.8. The average Bonchev–Trinajstić information content (AvgIpc) is 2.26. The first-order valence-electron chi connectivity index (χ1n) is 4.09. The minimum absolute atomic E-state index is 0.276. The third kappa shape index (κ3) is 2.49. The maximum absolute atomic E-state index is 12.8. The topological polar surface area (TPSA) is 82.3 Å². The monoisotopic (exact) mass is 250 g/mol. The summed E-state index contributed by atoms with van der Waals surface area (Å²) >= 11 is 0. The van der Waals surface area contributed by atoms with E-state index in [1.165, 1.54) is 0 Å². The summed E-state index contributed by atoms with van der Waals surface area (Å²) in [5, 5.41) is 10.5. The second-order valence-corrected chi connectivity index (χ2v) is 2.77. The van der Waals surface area contributed by atoms with Gasteiger partial charge in [0, 0.05) is 0 Å². The highest BCUT2D eigenvalue weighted by molar-refractivity contribution is 5.95. The number of ether oxygens (including phenoxy) is 1. The lowest BCUT2D eigenvalue weighted by Crippen LogP contribution is -2.12. The highest BCUT2D eigenvalue weighted by Crippen LogP contribution is 2.29. The van der Waals surface area contributed by atoms with Crippen molar-refractivity contribution in [2.24, 2.45) is 0 Å². The number of alkyl halides is 2. The van der Waals surface area contributed by atoms with E-state index in [0.29, 0.717) is 0 Å². The average molecular weight is 250 g/mol. The van der Waals surface area contributed by atoms with Crippen molar-refractivity contribution >= 4 is 11.7 Å². The van der Waals surface area contributed by atoms with Gasteiger partial charge >= 0.3 is 5.97 Å². The number of hydrogen-bond donors (Lipinski definition) is 0. The van der Waals surface area contributed by atoms with Crippen molar-refractivity contribution < 1.29 is 27.6 Å². The largest absolute Gasteiger partial charge is 0.465 e. The van der Waals surface area contributed by atoms with E-state index < -0.39 is 40.2 Å². The molecule has 0 N–H and O–H groups in total. The summed E-state index contributed by atoms with van der Waals surface area (Å²) in [6.07, 6.45) is -3.33. The van der Waals surface area contributed by atoms with Gasteiger partial charge in [-0.15, -0.1) is 0 Å². The molecular weight excluding hydrogens is 245 g/mol. The van der Waals surface area contributed by atoms with Crippen LogP contribution in [-0.4, -0.2) is 23.0 Å². The van der Waals surface area contributed by atoms with Crippen LogP contribution in [0.2, 0.25) is 0 Å². The molecule has 0 bridgehead atoms. The third-order valence-corrected chi connectivity index (χ3v) is 1.79. The predicted octanol–water partition coefficient (Wildman–Crippen LogP) is 1.85. The van der Waals surface area contributed by atoms with Gasteiger partial charge in [0.2, 0.25) is 5.95 Å².